The van der Waals surface area contributed by atoms with Crippen LogP contribution >= 0.6 is 11.6 Å². The van der Waals surface area contributed by atoms with Crippen LogP contribution in [0.15, 0.2) is 12.4 Å². The SMILES string of the molecule is ClC(Cc1ncc[nH]1)C1CC2CC2C1. The maximum Gasteiger partial charge on any atom is 0.107 e. The molecule has 1 aromatic heterocycles. The Morgan fingerprint density at radius 1 is 1.43 bits per heavy atom. The Morgan fingerprint density at radius 3 is 2.86 bits per heavy atom. The van der Waals surface area contributed by atoms with Crippen LogP contribution in [0.3, 0.4) is 0 Å². The van der Waals surface area contributed by atoms with Crippen LogP contribution in [0, 0.1) is 17.8 Å². The molecule has 0 spiro atoms. The molecular formula is C11H15ClN2. The summed E-state index contributed by atoms with van der Waals surface area (Å²) in [6.45, 7) is 0. The Morgan fingerprint density at radius 2 is 2.21 bits per heavy atom. The van der Waals surface area contributed by atoms with E-state index < -0.39 is 0 Å². The zero-order chi connectivity index (χ0) is 9.54. The monoisotopic (exact) mass is 210 g/mol. The number of rotatable bonds is 3. The molecule has 2 aliphatic carbocycles. The number of fused-ring (bicyclic) bond motifs is 1. The second kappa shape index (κ2) is 3.27. The van der Waals surface area contributed by atoms with Crippen molar-refractivity contribution in [2.75, 3.05) is 0 Å². The minimum Gasteiger partial charge on any atom is -0.349 e. The molecule has 76 valence electrons. The van der Waals surface area contributed by atoms with E-state index in [1.807, 2.05) is 6.20 Å². The molecule has 0 saturated heterocycles. The van der Waals surface area contributed by atoms with Gasteiger partial charge in [-0.15, -0.1) is 11.6 Å². The van der Waals surface area contributed by atoms with Crippen molar-refractivity contribution in [3.63, 3.8) is 0 Å². The fourth-order valence-electron chi connectivity index (χ4n) is 2.82. The highest BCUT2D eigenvalue weighted by atomic mass is 35.5. The predicted octanol–water partition coefficient (Wildman–Crippen LogP) is 2.61. The summed E-state index contributed by atoms with van der Waals surface area (Å²) in [5.74, 6) is 3.83. The van der Waals surface area contributed by atoms with Gasteiger partial charge < -0.3 is 4.98 Å². The lowest BCUT2D eigenvalue weighted by molar-refractivity contribution is 0.456. The van der Waals surface area contributed by atoms with Gasteiger partial charge in [-0.05, 0) is 37.0 Å². The highest BCUT2D eigenvalue weighted by molar-refractivity contribution is 6.20. The molecule has 0 aliphatic heterocycles. The maximum absolute atomic E-state index is 6.40. The van der Waals surface area contributed by atoms with Crippen LogP contribution in [0.2, 0.25) is 0 Å². The van der Waals surface area contributed by atoms with Crippen LogP contribution in [-0.4, -0.2) is 15.3 Å². The summed E-state index contributed by atoms with van der Waals surface area (Å²) in [6.07, 6.45) is 8.76. The summed E-state index contributed by atoms with van der Waals surface area (Å²) in [6, 6.07) is 0. The van der Waals surface area contributed by atoms with Gasteiger partial charge in [-0.3, -0.25) is 0 Å². The molecule has 2 saturated carbocycles. The third kappa shape index (κ3) is 1.56. The first kappa shape index (κ1) is 8.78. The first-order chi connectivity index (χ1) is 6.83. The van der Waals surface area contributed by atoms with Gasteiger partial charge in [-0.1, -0.05) is 0 Å². The summed E-state index contributed by atoms with van der Waals surface area (Å²) >= 11 is 6.40. The van der Waals surface area contributed by atoms with Crippen LogP contribution in [-0.2, 0) is 6.42 Å². The first-order valence-corrected chi connectivity index (χ1v) is 5.89. The topological polar surface area (TPSA) is 28.7 Å². The Kier molecular flexibility index (Phi) is 2.05. The van der Waals surface area contributed by atoms with Crippen molar-refractivity contribution in [2.45, 2.75) is 31.1 Å². The van der Waals surface area contributed by atoms with E-state index in [-0.39, 0.29) is 5.38 Å². The van der Waals surface area contributed by atoms with E-state index in [1.165, 1.54) is 19.3 Å². The molecule has 0 amide bonds. The summed E-state index contributed by atoms with van der Waals surface area (Å²) in [5.41, 5.74) is 0. The lowest BCUT2D eigenvalue weighted by Crippen LogP contribution is -2.16. The van der Waals surface area contributed by atoms with Crippen molar-refractivity contribution < 1.29 is 0 Å². The Hall–Kier alpha value is -0.500. The molecule has 2 nitrogen and oxygen atoms in total. The number of aromatic nitrogens is 2. The van der Waals surface area contributed by atoms with E-state index in [0.29, 0.717) is 0 Å². The molecule has 0 aromatic carbocycles. The fraction of sp³-hybridized carbons (Fsp3) is 0.727. The average Bonchev–Trinajstić information content (AvgIpc) is 2.68. The second-order valence-corrected chi connectivity index (χ2v) is 5.30. The second-order valence-electron chi connectivity index (χ2n) is 4.74. The standard InChI is InChI=1S/C11H15ClN2/c12-10(6-11-13-1-2-14-11)9-4-7-3-8(7)5-9/h1-2,7-10H,3-6H2,(H,13,14). The number of alkyl halides is 1. The van der Waals surface area contributed by atoms with Crippen molar-refractivity contribution in [2.24, 2.45) is 17.8 Å². The van der Waals surface area contributed by atoms with Crippen LogP contribution < -0.4 is 0 Å². The number of H-pyrrole nitrogens is 1. The lowest BCUT2D eigenvalue weighted by atomic mass is 9.97. The van der Waals surface area contributed by atoms with Gasteiger partial charge >= 0.3 is 0 Å². The number of nitrogens with one attached hydrogen (secondary N) is 1. The third-order valence-corrected chi connectivity index (χ3v) is 4.25. The number of imidazole rings is 1. The van der Waals surface area contributed by atoms with E-state index in [2.05, 4.69) is 9.97 Å². The summed E-state index contributed by atoms with van der Waals surface area (Å²) < 4.78 is 0. The van der Waals surface area contributed by atoms with Crippen molar-refractivity contribution in [1.29, 1.82) is 0 Å². The highest BCUT2D eigenvalue weighted by Gasteiger charge is 2.47. The minimum atomic E-state index is 0.286. The van der Waals surface area contributed by atoms with Gasteiger partial charge in [0.1, 0.15) is 5.82 Å². The summed E-state index contributed by atoms with van der Waals surface area (Å²) in [7, 11) is 0. The predicted molar refractivity (Wildman–Crippen MR) is 56.3 cm³/mol. The molecule has 2 fully saturated rings. The van der Waals surface area contributed by atoms with E-state index >= 15 is 0 Å². The lowest BCUT2D eigenvalue weighted by Gasteiger charge is -2.17. The van der Waals surface area contributed by atoms with Gasteiger partial charge in [-0.2, -0.15) is 0 Å². The molecule has 3 unspecified atom stereocenters. The van der Waals surface area contributed by atoms with Gasteiger partial charge in [0.05, 0.1) is 0 Å². The van der Waals surface area contributed by atoms with Crippen molar-refractivity contribution in [1.82, 2.24) is 9.97 Å². The van der Waals surface area contributed by atoms with Crippen LogP contribution in [0.5, 0.6) is 0 Å². The molecule has 1 N–H and O–H groups in total. The van der Waals surface area contributed by atoms with Crippen molar-refractivity contribution >= 4 is 11.6 Å². The molecule has 0 bridgehead atoms. The molecular weight excluding hydrogens is 196 g/mol. The molecule has 0 radical (unpaired) electrons. The normalized spacial score (nSPS) is 36.8. The highest BCUT2D eigenvalue weighted by Crippen LogP contribution is 2.55. The van der Waals surface area contributed by atoms with Crippen molar-refractivity contribution in [3.05, 3.63) is 18.2 Å². The van der Waals surface area contributed by atoms with E-state index in [4.69, 9.17) is 11.6 Å². The largest absolute Gasteiger partial charge is 0.349 e. The molecule has 3 heteroatoms. The van der Waals surface area contributed by atoms with E-state index in [0.717, 1.165) is 30.0 Å². The van der Waals surface area contributed by atoms with Gasteiger partial charge in [0.2, 0.25) is 0 Å². The number of hydrogen-bond donors (Lipinski definition) is 1. The molecule has 2 aliphatic rings. The number of hydrogen-bond acceptors (Lipinski definition) is 1. The zero-order valence-electron chi connectivity index (χ0n) is 8.12. The summed E-state index contributed by atoms with van der Waals surface area (Å²) in [5, 5.41) is 0.286. The van der Waals surface area contributed by atoms with Crippen LogP contribution in [0.1, 0.15) is 25.1 Å². The Labute approximate surface area is 89.1 Å². The molecule has 1 heterocycles. The number of halogens is 1. The number of aromatic amines is 1. The molecule has 3 rings (SSSR count). The van der Waals surface area contributed by atoms with E-state index in [9.17, 15) is 0 Å². The molecule has 3 atom stereocenters. The maximum atomic E-state index is 6.40. The zero-order valence-corrected chi connectivity index (χ0v) is 8.87. The van der Waals surface area contributed by atoms with Gasteiger partial charge in [0.15, 0.2) is 0 Å². The van der Waals surface area contributed by atoms with Gasteiger partial charge in [0.25, 0.3) is 0 Å². The fourth-order valence-corrected chi connectivity index (χ4v) is 3.17. The number of nitrogens with zero attached hydrogens (tertiary/aromatic N) is 1. The Balaban J connectivity index is 1.58. The molecule has 14 heavy (non-hydrogen) atoms. The van der Waals surface area contributed by atoms with Crippen molar-refractivity contribution in [3.8, 4) is 0 Å². The van der Waals surface area contributed by atoms with Gasteiger partial charge in [-0.25, -0.2) is 4.98 Å². The van der Waals surface area contributed by atoms with E-state index in [1.54, 1.807) is 6.20 Å². The van der Waals surface area contributed by atoms with Gasteiger partial charge in [0, 0.05) is 24.2 Å². The Bertz CT molecular complexity index is 299. The summed E-state index contributed by atoms with van der Waals surface area (Å²) in [4.78, 5) is 7.34. The third-order valence-electron chi connectivity index (χ3n) is 3.73. The average molecular weight is 211 g/mol. The van der Waals surface area contributed by atoms with Crippen LogP contribution in [0.4, 0.5) is 0 Å². The van der Waals surface area contributed by atoms with Crippen LogP contribution in [0.25, 0.3) is 0 Å². The quantitative estimate of drug-likeness (QED) is 0.764. The molecule has 1 aromatic rings. The minimum absolute atomic E-state index is 0.286. The first-order valence-electron chi connectivity index (χ1n) is 5.45. The smallest absolute Gasteiger partial charge is 0.107 e.